The van der Waals surface area contributed by atoms with Gasteiger partial charge >= 0.3 is 6.29 Å². The zero-order valence-corrected chi connectivity index (χ0v) is 26.3. The van der Waals surface area contributed by atoms with Crippen LogP contribution in [0.2, 0.25) is 0 Å². The quantitative estimate of drug-likeness (QED) is 0.224. The Morgan fingerprint density at radius 3 is 2.54 bits per heavy atom. The van der Waals surface area contributed by atoms with Crippen molar-refractivity contribution >= 4 is 11.8 Å². The maximum Gasteiger partial charge on any atom is 0.586 e. The van der Waals surface area contributed by atoms with Gasteiger partial charge in [0, 0.05) is 16.7 Å². The topological polar surface area (TPSA) is 172 Å². The van der Waals surface area contributed by atoms with Crippen molar-refractivity contribution in [2.45, 2.75) is 69.0 Å². The molecule has 3 aromatic rings. The molecule has 2 aliphatic heterocycles. The smallest absolute Gasteiger partial charge is 0.489 e. The number of nitrogens with zero attached hydrogens (tertiary/aromatic N) is 1. The number of aliphatic hydroxyl groups excluding tert-OH is 1. The van der Waals surface area contributed by atoms with Crippen LogP contribution in [0.1, 0.15) is 61.1 Å². The molecule has 12 nitrogen and oxygen atoms in total. The molecule has 1 aromatic heterocycles. The summed E-state index contributed by atoms with van der Waals surface area (Å²) in [5.41, 5.74) is 4.12. The van der Waals surface area contributed by atoms with Gasteiger partial charge in [0.2, 0.25) is 5.91 Å². The van der Waals surface area contributed by atoms with E-state index < -0.39 is 35.2 Å². The van der Waals surface area contributed by atoms with E-state index in [0.717, 1.165) is 12.8 Å². The van der Waals surface area contributed by atoms with Crippen molar-refractivity contribution in [3.8, 4) is 40.0 Å². The van der Waals surface area contributed by atoms with Gasteiger partial charge in [0.05, 0.1) is 24.4 Å². The molecule has 3 heterocycles. The van der Waals surface area contributed by atoms with Crippen LogP contribution in [-0.2, 0) is 15.8 Å². The molecular weight excluding hydrogens is 632 g/mol. The maximum atomic E-state index is 13.8. The van der Waals surface area contributed by atoms with Crippen molar-refractivity contribution < 1.29 is 52.3 Å². The molecule has 0 unspecified atom stereocenters. The normalized spacial score (nSPS) is 22.2. The molecule has 48 heavy (non-hydrogen) atoms. The average molecular weight is 668 g/mol. The van der Waals surface area contributed by atoms with E-state index in [0.29, 0.717) is 35.5 Å². The molecule has 5 N–H and O–H groups in total. The predicted molar refractivity (Wildman–Crippen MR) is 164 cm³/mol. The van der Waals surface area contributed by atoms with Crippen molar-refractivity contribution in [2.75, 3.05) is 19.8 Å². The van der Waals surface area contributed by atoms with Gasteiger partial charge in [0.25, 0.3) is 5.91 Å². The Kier molecular flexibility index (Phi) is 7.63. The first-order valence-electron chi connectivity index (χ1n) is 15.8. The van der Waals surface area contributed by atoms with Gasteiger partial charge in [0.1, 0.15) is 35.7 Å². The molecule has 2 aliphatic carbocycles. The van der Waals surface area contributed by atoms with Gasteiger partial charge in [-0.3, -0.25) is 9.59 Å². The molecule has 0 bridgehead atoms. The third-order valence-corrected chi connectivity index (χ3v) is 9.01. The van der Waals surface area contributed by atoms with E-state index in [4.69, 9.17) is 24.9 Å². The maximum absolute atomic E-state index is 13.8. The molecular formula is C34H35F2N3O9. The molecule has 7 rings (SSSR count). The van der Waals surface area contributed by atoms with Crippen LogP contribution in [0.5, 0.6) is 28.7 Å². The molecule has 14 heteroatoms. The number of hydrogen-bond donors (Lipinski definition) is 4. The number of rotatable bonds is 12. The zero-order chi connectivity index (χ0) is 34.0. The first-order valence-corrected chi connectivity index (χ1v) is 15.8. The summed E-state index contributed by atoms with van der Waals surface area (Å²) in [6.07, 6.45) is -1.44. The highest BCUT2D eigenvalue weighted by Gasteiger charge is 2.50. The largest absolute Gasteiger partial charge is 0.586 e. The Bertz CT molecular complexity index is 1800. The lowest BCUT2D eigenvalue weighted by Crippen LogP contribution is -2.44. The lowest BCUT2D eigenvalue weighted by molar-refractivity contribution is -0.286. The fourth-order valence-corrected chi connectivity index (χ4v) is 5.86. The molecule has 4 aliphatic rings. The van der Waals surface area contributed by atoms with Crippen LogP contribution in [0.3, 0.4) is 0 Å². The van der Waals surface area contributed by atoms with Crippen molar-refractivity contribution in [1.29, 1.82) is 0 Å². The van der Waals surface area contributed by atoms with Crippen LogP contribution in [0.25, 0.3) is 11.3 Å². The Morgan fingerprint density at radius 1 is 1.10 bits per heavy atom. The number of aromatic nitrogens is 1. The molecule has 2 aromatic carbocycles. The summed E-state index contributed by atoms with van der Waals surface area (Å²) in [5.74, 6) is -0.817. The number of halogens is 2. The number of fused-ring (bicyclic) bond motifs is 2. The highest BCUT2D eigenvalue weighted by Crippen LogP contribution is 2.51. The number of amides is 2. The van der Waals surface area contributed by atoms with Crippen LogP contribution in [-0.4, -0.2) is 65.3 Å². The second-order valence-electron chi connectivity index (χ2n) is 13.1. The number of carbonyl (C=O) groups excluding carboxylic acids is 2. The van der Waals surface area contributed by atoms with E-state index in [-0.39, 0.29) is 66.0 Å². The minimum Gasteiger partial charge on any atom is -0.489 e. The van der Waals surface area contributed by atoms with Gasteiger partial charge in [-0.2, -0.15) is 0 Å². The third kappa shape index (κ3) is 5.94. The van der Waals surface area contributed by atoms with Crippen LogP contribution in [0, 0.1) is 5.92 Å². The van der Waals surface area contributed by atoms with Crippen molar-refractivity contribution in [2.24, 2.45) is 11.7 Å². The van der Waals surface area contributed by atoms with Crippen LogP contribution >= 0.6 is 0 Å². The number of hydrogen-bond acceptors (Lipinski definition) is 10. The fourth-order valence-electron chi connectivity index (χ4n) is 5.86. The molecule has 254 valence electrons. The number of primary amides is 1. The monoisotopic (exact) mass is 667 g/mol. The summed E-state index contributed by atoms with van der Waals surface area (Å²) in [7, 11) is 0. The summed E-state index contributed by atoms with van der Waals surface area (Å²) < 4.78 is 54.4. The lowest BCUT2D eigenvalue weighted by Gasteiger charge is -2.30. The summed E-state index contributed by atoms with van der Waals surface area (Å²) in [6.45, 7) is 2.93. The number of nitrogens with one attached hydrogen (secondary N) is 1. The Morgan fingerprint density at radius 2 is 1.85 bits per heavy atom. The van der Waals surface area contributed by atoms with E-state index in [1.807, 2.05) is 0 Å². The number of ether oxygens (including phenoxy) is 5. The van der Waals surface area contributed by atoms with Gasteiger partial charge < -0.3 is 44.9 Å². The van der Waals surface area contributed by atoms with E-state index in [2.05, 4.69) is 14.8 Å². The Labute approximate surface area is 274 Å². The first-order chi connectivity index (χ1) is 22.8. The average Bonchev–Trinajstić information content (AvgIpc) is 3.98. The van der Waals surface area contributed by atoms with Crippen LogP contribution in [0.15, 0.2) is 42.5 Å². The summed E-state index contributed by atoms with van der Waals surface area (Å²) >= 11 is 0. The number of nitrogens with two attached hydrogens (primary N) is 1. The van der Waals surface area contributed by atoms with Gasteiger partial charge in [-0.15, -0.1) is 8.78 Å². The Hall–Kier alpha value is -4.69. The number of carbonyl (C=O) groups is 2. The second-order valence-corrected chi connectivity index (χ2v) is 13.1. The molecule has 2 amide bonds. The third-order valence-electron chi connectivity index (χ3n) is 9.01. The van der Waals surface area contributed by atoms with Gasteiger partial charge in [-0.1, -0.05) is 0 Å². The van der Waals surface area contributed by atoms with E-state index >= 15 is 0 Å². The standard InChI is InChI=1S/C34H35F2N3O9/c1-17(40)14-44-23-9-4-19(12-25(23)46-21-7-8-21)30(41)38-15-33(43,20-5-6-20)27-13-22-29(45-16-32(22,2)31(37)42)28(39-27)18-3-10-24-26(11-18)48-34(35,36)47-24/h3-4,9-13,17,20-21,40,43H,5-8,14-16H2,1-2H3,(H2,37,42)(H,38,41)/t17-,32+,33-/m1/s1. The number of benzene rings is 2. The van der Waals surface area contributed by atoms with Crippen molar-refractivity contribution in [3.05, 3.63) is 59.3 Å². The number of alkyl halides is 2. The number of pyridine rings is 1. The van der Waals surface area contributed by atoms with Gasteiger partial charge in [0.15, 0.2) is 23.0 Å². The summed E-state index contributed by atoms with van der Waals surface area (Å²) in [5, 5.41) is 24.7. The minimum atomic E-state index is -3.83. The summed E-state index contributed by atoms with van der Waals surface area (Å²) in [6, 6.07) is 10.4. The Balaban J connectivity index is 1.22. The molecule has 0 radical (unpaired) electrons. The SMILES string of the molecule is C[C@@H](O)COc1ccc(C(=O)NC[C@](O)(c2cc3c(c(-c4ccc5c(c4)OC(F)(F)O5)n2)OC[C@]3(C)C(N)=O)C2CC2)cc1OC1CC1. The second kappa shape index (κ2) is 11.5. The lowest BCUT2D eigenvalue weighted by atomic mass is 9.81. The molecule has 2 fully saturated rings. The fraction of sp³-hybridized carbons (Fsp3) is 0.441. The predicted octanol–water partition coefficient (Wildman–Crippen LogP) is 3.53. The van der Waals surface area contributed by atoms with E-state index in [1.165, 1.54) is 18.2 Å². The molecule has 0 spiro atoms. The van der Waals surface area contributed by atoms with Crippen molar-refractivity contribution in [1.82, 2.24) is 10.3 Å². The summed E-state index contributed by atoms with van der Waals surface area (Å²) in [4.78, 5) is 30.9. The van der Waals surface area contributed by atoms with Gasteiger partial charge in [-0.05, 0) is 87.9 Å². The van der Waals surface area contributed by atoms with Crippen LogP contribution < -0.4 is 34.7 Å². The highest BCUT2D eigenvalue weighted by molar-refractivity contribution is 5.95. The first kappa shape index (κ1) is 31.9. The van der Waals surface area contributed by atoms with E-state index in [9.17, 15) is 28.6 Å². The molecule has 3 atom stereocenters. The van der Waals surface area contributed by atoms with E-state index in [1.54, 1.807) is 38.1 Å². The molecule has 2 saturated carbocycles. The minimum absolute atomic E-state index is 0.0218. The zero-order valence-electron chi connectivity index (χ0n) is 26.3. The molecule has 0 saturated heterocycles. The van der Waals surface area contributed by atoms with Crippen molar-refractivity contribution in [3.63, 3.8) is 0 Å². The number of aliphatic hydroxyl groups is 2. The van der Waals surface area contributed by atoms with Gasteiger partial charge in [-0.25, -0.2) is 4.98 Å². The highest BCUT2D eigenvalue weighted by atomic mass is 19.3. The van der Waals surface area contributed by atoms with Crippen LogP contribution in [0.4, 0.5) is 8.78 Å².